The number of nitrogens with one attached hydrogen (secondary N) is 1. The van der Waals surface area contributed by atoms with Crippen molar-refractivity contribution in [2.45, 2.75) is 0 Å². The van der Waals surface area contributed by atoms with Gasteiger partial charge >= 0.3 is 5.97 Å². The van der Waals surface area contributed by atoms with E-state index in [2.05, 4.69) is 5.32 Å². The van der Waals surface area contributed by atoms with Crippen LogP contribution in [0.25, 0.3) is 0 Å². The largest absolute Gasteiger partial charge is 0.478 e. The Morgan fingerprint density at radius 1 is 1.38 bits per heavy atom. The number of hydrogen-bond acceptors (Lipinski definition) is 3. The van der Waals surface area contributed by atoms with E-state index < -0.39 is 5.97 Å². The highest BCUT2D eigenvalue weighted by Gasteiger charge is 1.94. The first kappa shape index (κ1) is 9.12. The molecule has 0 bridgehead atoms. The highest BCUT2D eigenvalue weighted by atomic mass is 16.4. The number of rotatable bonds is 3. The van der Waals surface area contributed by atoms with E-state index in [4.69, 9.17) is 10.8 Å². The molecule has 4 nitrogen and oxygen atoms in total. The van der Waals surface area contributed by atoms with Gasteiger partial charge in [-0.2, -0.15) is 0 Å². The Hall–Kier alpha value is -1.97. The molecule has 0 fully saturated rings. The summed E-state index contributed by atoms with van der Waals surface area (Å²) in [6.07, 6.45) is 0.910. The fourth-order valence-corrected chi connectivity index (χ4v) is 0.857. The van der Waals surface area contributed by atoms with Gasteiger partial charge in [-0.3, -0.25) is 0 Å². The molecule has 4 heteroatoms. The molecule has 4 N–H and O–H groups in total. The molecule has 68 valence electrons. The summed E-state index contributed by atoms with van der Waals surface area (Å²) in [6.45, 7) is 0. The van der Waals surface area contributed by atoms with Gasteiger partial charge in [0, 0.05) is 5.69 Å². The van der Waals surface area contributed by atoms with Crippen LogP contribution in [0.3, 0.4) is 0 Å². The standard InChI is InChI=1S/C9H10N2O2/c10-8(6-9(12)13)11-7-4-2-1-3-5-7/h1-6,11H,10H2,(H,12,13)/b8-6-. The topological polar surface area (TPSA) is 75.4 Å². The van der Waals surface area contributed by atoms with Crippen LogP contribution in [0.15, 0.2) is 42.2 Å². The molecule has 0 aliphatic rings. The molecule has 0 atom stereocenters. The Morgan fingerprint density at radius 2 is 2.00 bits per heavy atom. The second-order valence-corrected chi connectivity index (χ2v) is 2.43. The molecule has 0 radical (unpaired) electrons. The van der Waals surface area contributed by atoms with Crippen molar-refractivity contribution in [3.05, 3.63) is 42.2 Å². The summed E-state index contributed by atoms with van der Waals surface area (Å²) in [6, 6.07) is 9.11. The van der Waals surface area contributed by atoms with Crippen molar-refractivity contribution in [2.75, 3.05) is 5.32 Å². The average Bonchev–Trinajstić information content (AvgIpc) is 2.04. The number of hydrogen-bond donors (Lipinski definition) is 3. The van der Waals surface area contributed by atoms with Crippen LogP contribution >= 0.6 is 0 Å². The highest BCUT2D eigenvalue weighted by molar-refractivity contribution is 5.81. The van der Waals surface area contributed by atoms with Gasteiger partial charge in [0.05, 0.1) is 6.08 Å². The van der Waals surface area contributed by atoms with Crippen LogP contribution in [-0.4, -0.2) is 11.1 Å². The number of benzene rings is 1. The van der Waals surface area contributed by atoms with Gasteiger partial charge in [-0.1, -0.05) is 18.2 Å². The Bertz CT molecular complexity index is 320. The zero-order valence-electron chi connectivity index (χ0n) is 6.90. The normalized spacial score (nSPS) is 10.9. The van der Waals surface area contributed by atoms with Crippen molar-refractivity contribution < 1.29 is 9.90 Å². The zero-order valence-corrected chi connectivity index (χ0v) is 6.90. The first-order chi connectivity index (χ1) is 6.18. The Balaban J connectivity index is 2.65. The quantitative estimate of drug-likeness (QED) is 0.603. The number of carboxylic acid groups (broad SMARTS) is 1. The van der Waals surface area contributed by atoms with Gasteiger partial charge in [-0.05, 0) is 12.1 Å². The molecule has 1 aromatic carbocycles. The Morgan fingerprint density at radius 3 is 2.54 bits per heavy atom. The van der Waals surface area contributed by atoms with Gasteiger partial charge < -0.3 is 16.2 Å². The number of carboxylic acids is 1. The van der Waals surface area contributed by atoms with Crippen LogP contribution in [-0.2, 0) is 4.79 Å². The van der Waals surface area contributed by atoms with E-state index >= 15 is 0 Å². The summed E-state index contributed by atoms with van der Waals surface area (Å²) in [5, 5.41) is 11.1. The Kier molecular flexibility index (Phi) is 2.92. The first-order valence-electron chi connectivity index (χ1n) is 3.70. The van der Waals surface area contributed by atoms with Crippen molar-refractivity contribution in [3.63, 3.8) is 0 Å². The molecule has 0 aliphatic carbocycles. The number of aliphatic carboxylic acids is 1. The van der Waals surface area contributed by atoms with Gasteiger partial charge in [0.2, 0.25) is 0 Å². The summed E-state index contributed by atoms with van der Waals surface area (Å²) in [4.78, 5) is 10.2. The number of carbonyl (C=O) groups is 1. The molecule has 0 saturated heterocycles. The molecule has 0 saturated carbocycles. The van der Waals surface area contributed by atoms with Gasteiger partial charge in [-0.25, -0.2) is 4.79 Å². The molecule has 1 aromatic rings. The smallest absolute Gasteiger partial charge is 0.331 e. The monoisotopic (exact) mass is 178 g/mol. The van der Waals surface area contributed by atoms with Gasteiger partial charge in [0.1, 0.15) is 5.82 Å². The van der Waals surface area contributed by atoms with Crippen molar-refractivity contribution in [2.24, 2.45) is 5.73 Å². The fraction of sp³-hybridized carbons (Fsp3) is 0. The first-order valence-corrected chi connectivity index (χ1v) is 3.70. The molecule has 1 rings (SSSR count). The van der Waals surface area contributed by atoms with Crippen LogP contribution in [0.5, 0.6) is 0 Å². The molecule has 13 heavy (non-hydrogen) atoms. The Labute approximate surface area is 75.7 Å². The lowest BCUT2D eigenvalue weighted by molar-refractivity contribution is -0.131. The average molecular weight is 178 g/mol. The van der Waals surface area contributed by atoms with Crippen LogP contribution in [0.4, 0.5) is 5.69 Å². The summed E-state index contributed by atoms with van der Waals surface area (Å²) in [5.41, 5.74) is 6.14. The van der Waals surface area contributed by atoms with Gasteiger partial charge in [0.15, 0.2) is 0 Å². The third kappa shape index (κ3) is 3.29. The summed E-state index contributed by atoms with van der Waals surface area (Å²) in [7, 11) is 0. The lowest BCUT2D eigenvalue weighted by atomic mass is 10.3. The van der Waals surface area contributed by atoms with E-state index in [0.29, 0.717) is 0 Å². The van der Waals surface area contributed by atoms with E-state index in [1.807, 2.05) is 18.2 Å². The maximum Gasteiger partial charge on any atom is 0.331 e. The maximum absolute atomic E-state index is 10.2. The minimum Gasteiger partial charge on any atom is -0.478 e. The molecular formula is C9H10N2O2. The van der Waals surface area contributed by atoms with Crippen LogP contribution in [0.1, 0.15) is 0 Å². The second-order valence-electron chi connectivity index (χ2n) is 2.43. The van der Waals surface area contributed by atoms with Crippen LogP contribution < -0.4 is 11.1 Å². The molecule has 0 aliphatic heterocycles. The molecule has 0 spiro atoms. The lowest BCUT2D eigenvalue weighted by Crippen LogP contribution is -2.11. The minimum absolute atomic E-state index is 0.110. The maximum atomic E-state index is 10.2. The minimum atomic E-state index is -1.07. The fourth-order valence-electron chi connectivity index (χ4n) is 0.857. The number of anilines is 1. The molecule has 0 amide bonds. The second kappa shape index (κ2) is 4.15. The summed E-state index contributed by atoms with van der Waals surface area (Å²) in [5.74, 6) is -0.959. The van der Waals surface area contributed by atoms with E-state index in [9.17, 15) is 4.79 Å². The predicted octanol–water partition coefficient (Wildman–Crippen LogP) is 0.983. The zero-order chi connectivity index (χ0) is 9.68. The summed E-state index contributed by atoms with van der Waals surface area (Å²) < 4.78 is 0. The van der Waals surface area contributed by atoms with Crippen molar-refractivity contribution in [3.8, 4) is 0 Å². The summed E-state index contributed by atoms with van der Waals surface area (Å²) >= 11 is 0. The number of para-hydroxylation sites is 1. The third-order valence-electron chi connectivity index (χ3n) is 1.34. The number of nitrogens with two attached hydrogens (primary N) is 1. The van der Waals surface area contributed by atoms with Crippen LogP contribution in [0.2, 0.25) is 0 Å². The van der Waals surface area contributed by atoms with E-state index in [-0.39, 0.29) is 5.82 Å². The SMILES string of the molecule is N/C(=C/C(=O)O)Nc1ccccc1. The van der Waals surface area contributed by atoms with Crippen LogP contribution in [0, 0.1) is 0 Å². The van der Waals surface area contributed by atoms with Crippen molar-refractivity contribution in [1.29, 1.82) is 0 Å². The van der Waals surface area contributed by atoms with Crippen molar-refractivity contribution in [1.82, 2.24) is 0 Å². The van der Waals surface area contributed by atoms with E-state index in [0.717, 1.165) is 11.8 Å². The molecule has 0 heterocycles. The predicted molar refractivity (Wildman–Crippen MR) is 50.0 cm³/mol. The molecule has 0 unspecified atom stereocenters. The van der Waals surface area contributed by atoms with Crippen molar-refractivity contribution >= 4 is 11.7 Å². The lowest BCUT2D eigenvalue weighted by Gasteiger charge is -2.03. The molecular weight excluding hydrogens is 168 g/mol. The third-order valence-corrected chi connectivity index (χ3v) is 1.34. The highest BCUT2D eigenvalue weighted by Crippen LogP contribution is 2.05. The van der Waals surface area contributed by atoms with E-state index in [1.54, 1.807) is 12.1 Å². The molecule has 0 aromatic heterocycles. The van der Waals surface area contributed by atoms with Gasteiger partial charge in [0.25, 0.3) is 0 Å². The van der Waals surface area contributed by atoms with E-state index in [1.165, 1.54) is 0 Å². The van der Waals surface area contributed by atoms with Gasteiger partial charge in [-0.15, -0.1) is 0 Å².